The van der Waals surface area contributed by atoms with Crippen molar-refractivity contribution in [2.45, 2.75) is 12.8 Å². The molecule has 0 radical (unpaired) electrons. The molecule has 106 valence electrons. The van der Waals surface area contributed by atoms with E-state index in [2.05, 4.69) is 5.32 Å². The van der Waals surface area contributed by atoms with Crippen molar-refractivity contribution in [2.24, 2.45) is 0 Å². The van der Waals surface area contributed by atoms with Gasteiger partial charge in [0.05, 0.1) is 7.11 Å². The number of nitrogens with one attached hydrogen (secondary N) is 1. The number of hydrogen-bond acceptors (Lipinski definition) is 4. The Balaban J connectivity index is 2.16. The summed E-state index contributed by atoms with van der Waals surface area (Å²) in [6.07, 6.45) is 1.55. The van der Waals surface area contributed by atoms with Gasteiger partial charge in [-0.1, -0.05) is 12.1 Å². The molecule has 0 saturated carbocycles. The fraction of sp³-hybridized carbons (Fsp3) is 0.250. The standard InChI is InChI=1S/C16H19NO3/c1-17-16-14(19)9-12(10-15(16)20-2)7-6-11-4-3-5-13(18)8-11/h3-5,8-10,17-19H,6-7H2,1-2H3. The minimum Gasteiger partial charge on any atom is -0.508 e. The van der Waals surface area contributed by atoms with Crippen molar-refractivity contribution in [2.75, 3.05) is 19.5 Å². The van der Waals surface area contributed by atoms with Gasteiger partial charge in [-0.05, 0) is 48.2 Å². The highest BCUT2D eigenvalue weighted by atomic mass is 16.5. The molecule has 0 amide bonds. The molecule has 0 bridgehead atoms. The van der Waals surface area contributed by atoms with Crippen molar-refractivity contribution >= 4 is 5.69 Å². The average molecular weight is 273 g/mol. The van der Waals surface area contributed by atoms with Crippen molar-refractivity contribution < 1.29 is 14.9 Å². The molecule has 0 spiro atoms. The van der Waals surface area contributed by atoms with Crippen molar-refractivity contribution in [3.63, 3.8) is 0 Å². The number of aryl methyl sites for hydroxylation is 2. The van der Waals surface area contributed by atoms with E-state index >= 15 is 0 Å². The van der Waals surface area contributed by atoms with E-state index in [4.69, 9.17) is 4.74 Å². The van der Waals surface area contributed by atoms with Crippen LogP contribution in [-0.2, 0) is 12.8 Å². The summed E-state index contributed by atoms with van der Waals surface area (Å²) in [7, 11) is 3.32. The molecule has 2 aromatic carbocycles. The molecule has 4 heteroatoms. The molecule has 4 nitrogen and oxygen atoms in total. The first kappa shape index (κ1) is 14.1. The summed E-state index contributed by atoms with van der Waals surface area (Å²) < 4.78 is 5.27. The topological polar surface area (TPSA) is 61.7 Å². The summed E-state index contributed by atoms with van der Waals surface area (Å²) in [5, 5.41) is 22.3. The van der Waals surface area contributed by atoms with Crippen LogP contribution in [0, 0.1) is 0 Å². The molecule has 2 rings (SSSR count). The van der Waals surface area contributed by atoms with Gasteiger partial charge in [0.25, 0.3) is 0 Å². The number of phenols is 2. The van der Waals surface area contributed by atoms with E-state index in [9.17, 15) is 10.2 Å². The highest BCUT2D eigenvalue weighted by Gasteiger charge is 2.09. The Morgan fingerprint density at radius 2 is 1.80 bits per heavy atom. The molecule has 0 atom stereocenters. The number of ether oxygens (including phenoxy) is 1. The zero-order valence-corrected chi connectivity index (χ0v) is 11.7. The SMILES string of the molecule is CNc1c(O)cc(CCc2cccc(O)c2)cc1OC. The molecule has 0 fully saturated rings. The summed E-state index contributed by atoms with van der Waals surface area (Å²) in [6.45, 7) is 0. The minimum absolute atomic E-state index is 0.178. The summed E-state index contributed by atoms with van der Waals surface area (Å²) in [5.41, 5.74) is 2.64. The zero-order chi connectivity index (χ0) is 14.5. The molecule has 0 heterocycles. The van der Waals surface area contributed by atoms with E-state index in [1.54, 1.807) is 32.4 Å². The second-order valence-electron chi connectivity index (χ2n) is 4.61. The van der Waals surface area contributed by atoms with E-state index in [1.807, 2.05) is 18.2 Å². The Bertz CT molecular complexity index is 596. The fourth-order valence-corrected chi connectivity index (χ4v) is 2.21. The number of aromatic hydroxyl groups is 2. The second kappa shape index (κ2) is 6.19. The van der Waals surface area contributed by atoms with E-state index in [-0.39, 0.29) is 11.5 Å². The molecule has 0 saturated heterocycles. The lowest BCUT2D eigenvalue weighted by Gasteiger charge is -2.12. The van der Waals surface area contributed by atoms with E-state index in [0.717, 1.165) is 24.0 Å². The van der Waals surface area contributed by atoms with Gasteiger partial charge in [0.2, 0.25) is 0 Å². The molecule has 0 aliphatic heterocycles. The number of anilines is 1. The predicted octanol–water partition coefficient (Wildman–Crippen LogP) is 2.93. The molecule has 2 aromatic rings. The summed E-state index contributed by atoms with van der Waals surface area (Å²) >= 11 is 0. The number of rotatable bonds is 5. The molecule has 20 heavy (non-hydrogen) atoms. The predicted molar refractivity (Wildman–Crippen MR) is 79.7 cm³/mol. The summed E-state index contributed by atoms with van der Waals surface area (Å²) in [5.74, 6) is 1.07. The van der Waals surface area contributed by atoms with Crippen LogP contribution in [0.15, 0.2) is 36.4 Å². The van der Waals surface area contributed by atoms with Crippen LogP contribution < -0.4 is 10.1 Å². The van der Waals surface area contributed by atoms with Crippen LogP contribution in [0.3, 0.4) is 0 Å². The maximum absolute atomic E-state index is 9.96. The van der Waals surface area contributed by atoms with Crippen LogP contribution in [-0.4, -0.2) is 24.4 Å². The third-order valence-corrected chi connectivity index (χ3v) is 3.22. The lowest BCUT2D eigenvalue weighted by Crippen LogP contribution is -1.97. The quantitative estimate of drug-likeness (QED) is 0.733. The zero-order valence-electron chi connectivity index (χ0n) is 11.7. The van der Waals surface area contributed by atoms with E-state index in [0.29, 0.717) is 11.4 Å². The van der Waals surface area contributed by atoms with Crippen LogP contribution in [0.2, 0.25) is 0 Å². The van der Waals surface area contributed by atoms with Gasteiger partial charge in [-0.15, -0.1) is 0 Å². The van der Waals surface area contributed by atoms with Gasteiger partial charge in [0.15, 0.2) is 0 Å². The molecule has 0 aliphatic rings. The van der Waals surface area contributed by atoms with Gasteiger partial charge in [-0.3, -0.25) is 0 Å². The van der Waals surface area contributed by atoms with Crippen molar-refractivity contribution in [3.05, 3.63) is 47.5 Å². The number of hydrogen-bond donors (Lipinski definition) is 3. The fourth-order valence-electron chi connectivity index (χ4n) is 2.21. The van der Waals surface area contributed by atoms with Crippen LogP contribution in [0.4, 0.5) is 5.69 Å². The van der Waals surface area contributed by atoms with Crippen LogP contribution >= 0.6 is 0 Å². The molecular formula is C16H19NO3. The largest absolute Gasteiger partial charge is 0.508 e. The molecule has 0 unspecified atom stereocenters. The number of methoxy groups -OCH3 is 1. The van der Waals surface area contributed by atoms with E-state index < -0.39 is 0 Å². The van der Waals surface area contributed by atoms with Gasteiger partial charge in [-0.25, -0.2) is 0 Å². The highest BCUT2D eigenvalue weighted by Crippen LogP contribution is 2.35. The molecule has 0 aliphatic carbocycles. The smallest absolute Gasteiger partial charge is 0.146 e. The monoisotopic (exact) mass is 273 g/mol. The maximum Gasteiger partial charge on any atom is 0.146 e. The second-order valence-corrected chi connectivity index (χ2v) is 4.61. The van der Waals surface area contributed by atoms with Gasteiger partial charge >= 0.3 is 0 Å². The average Bonchev–Trinajstić information content (AvgIpc) is 2.44. The van der Waals surface area contributed by atoms with Crippen LogP contribution in [0.5, 0.6) is 17.2 Å². The van der Waals surface area contributed by atoms with Crippen LogP contribution in [0.25, 0.3) is 0 Å². The first-order valence-corrected chi connectivity index (χ1v) is 6.49. The first-order chi connectivity index (χ1) is 9.63. The molecule has 3 N–H and O–H groups in total. The first-order valence-electron chi connectivity index (χ1n) is 6.49. The Labute approximate surface area is 118 Å². The Hall–Kier alpha value is -2.36. The van der Waals surface area contributed by atoms with Crippen molar-refractivity contribution in [1.82, 2.24) is 0 Å². The van der Waals surface area contributed by atoms with Crippen molar-refractivity contribution in [1.29, 1.82) is 0 Å². The van der Waals surface area contributed by atoms with Gasteiger partial charge in [0, 0.05) is 7.05 Å². The van der Waals surface area contributed by atoms with Crippen LogP contribution in [0.1, 0.15) is 11.1 Å². The lowest BCUT2D eigenvalue weighted by molar-refractivity contribution is 0.410. The van der Waals surface area contributed by atoms with Gasteiger partial charge < -0.3 is 20.3 Å². The van der Waals surface area contributed by atoms with Gasteiger partial charge in [0.1, 0.15) is 22.9 Å². The maximum atomic E-state index is 9.96. The minimum atomic E-state index is 0.178. The summed E-state index contributed by atoms with van der Waals surface area (Å²) in [6, 6.07) is 10.8. The summed E-state index contributed by atoms with van der Waals surface area (Å²) in [4.78, 5) is 0. The van der Waals surface area contributed by atoms with E-state index in [1.165, 1.54) is 0 Å². The number of phenolic OH excluding ortho intramolecular Hbond substituents is 2. The Kier molecular flexibility index (Phi) is 4.35. The lowest BCUT2D eigenvalue weighted by atomic mass is 10.0. The molecular weight excluding hydrogens is 254 g/mol. The van der Waals surface area contributed by atoms with Gasteiger partial charge in [-0.2, -0.15) is 0 Å². The highest BCUT2D eigenvalue weighted by molar-refractivity contribution is 5.66. The Morgan fingerprint density at radius 3 is 2.45 bits per heavy atom. The molecule has 0 aromatic heterocycles. The Morgan fingerprint density at radius 1 is 1.05 bits per heavy atom. The number of benzene rings is 2. The normalized spacial score (nSPS) is 10.3. The third-order valence-electron chi connectivity index (χ3n) is 3.22. The van der Waals surface area contributed by atoms with Crippen molar-refractivity contribution in [3.8, 4) is 17.2 Å². The third kappa shape index (κ3) is 3.15.